The first-order valence-corrected chi connectivity index (χ1v) is 32.1. The lowest BCUT2D eigenvalue weighted by atomic mass is 9.75. The molecular weight excluding hydrogens is 1410 g/mol. The number of nitrogens with two attached hydrogens (primary N) is 1. The summed E-state index contributed by atoms with van der Waals surface area (Å²) in [6.07, 6.45) is -22.7. The number of carbonyl (C=O) groups excluding carboxylic acids is 4. The van der Waals surface area contributed by atoms with Crippen molar-refractivity contribution in [1.82, 2.24) is 15.1 Å². The fourth-order valence-corrected chi connectivity index (χ4v) is 11.4. The number of hydrogen-bond donors (Lipinski definition) is 2. The molecule has 2 aliphatic heterocycles. The van der Waals surface area contributed by atoms with E-state index in [-0.39, 0.29) is 114 Å². The Labute approximate surface area is 593 Å². The van der Waals surface area contributed by atoms with Gasteiger partial charge in [-0.15, -0.1) is 23.2 Å². The van der Waals surface area contributed by atoms with Gasteiger partial charge in [0.25, 0.3) is 0 Å². The molecule has 0 unspecified atom stereocenters. The molecule has 3 amide bonds. The molecule has 2 fully saturated rings. The molecule has 0 aliphatic carbocycles. The maximum absolute atomic E-state index is 14.0. The van der Waals surface area contributed by atoms with Gasteiger partial charge in [0.05, 0.1) is 84.0 Å². The minimum atomic E-state index is -5.06. The molecule has 2 aliphatic rings. The molecule has 29 heteroatoms. The number of carbonyl (C=O) groups is 4. The van der Waals surface area contributed by atoms with Crippen molar-refractivity contribution in [3.8, 4) is 12.1 Å². The molecule has 0 radical (unpaired) electrons. The highest BCUT2D eigenvalue weighted by molar-refractivity contribution is 6.63. The van der Waals surface area contributed by atoms with Crippen LogP contribution < -0.4 is 11.1 Å². The lowest BCUT2D eigenvalue weighted by molar-refractivity contribution is -0.145. The van der Waals surface area contributed by atoms with Gasteiger partial charge < -0.3 is 30.0 Å². The average Bonchev–Trinajstić information content (AvgIpc) is 0.752. The summed E-state index contributed by atoms with van der Waals surface area (Å²) >= 11 is 15.9. The van der Waals surface area contributed by atoms with Gasteiger partial charge in [-0.1, -0.05) is 136 Å². The minimum absolute atomic E-state index is 0. The molecule has 0 aromatic heterocycles. The first-order chi connectivity index (χ1) is 46.6. The van der Waals surface area contributed by atoms with Crippen LogP contribution >= 0.6 is 34.8 Å². The Morgan fingerprint density at radius 1 is 0.525 bits per heavy atom. The topological polar surface area (TPSA) is 197 Å². The van der Waals surface area contributed by atoms with E-state index in [4.69, 9.17) is 59.5 Å². The van der Waals surface area contributed by atoms with Gasteiger partial charge in [0.15, 0.2) is 0 Å². The van der Waals surface area contributed by atoms with Crippen LogP contribution in [0.15, 0.2) is 158 Å². The van der Waals surface area contributed by atoms with Crippen molar-refractivity contribution in [3.63, 3.8) is 0 Å². The van der Waals surface area contributed by atoms with Crippen molar-refractivity contribution in [3.05, 3.63) is 213 Å². The lowest BCUT2D eigenvalue weighted by Crippen LogP contribution is -2.66. The summed E-state index contributed by atoms with van der Waals surface area (Å²) in [5.74, 6) is 0.272. The quantitative estimate of drug-likeness (QED) is 0.0395. The van der Waals surface area contributed by atoms with Gasteiger partial charge in [0.2, 0.25) is 11.1 Å². The third kappa shape index (κ3) is 23.7. The Morgan fingerprint density at radius 3 is 1.20 bits per heavy atom. The summed E-state index contributed by atoms with van der Waals surface area (Å²) in [5.41, 5.74) is -3.60. The number of nitrogens with zero attached hydrogens (tertiary/aromatic N) is 4. The average molecular weight is 1490 g/mol. The van der Waals surface area contributed by atoms with Crippen LogP contribution in [0.2, 0.25) is 0 Å². The minimum Gasteiger partial charge on any atom is -0.445 e. The van der Waals surface area contributed by atoms with Gasteiger partial charge >= 0.3 is 36.9 Å². The van der Waals surface area contributed by atoms with Gasteiger partial charge in [-0.25, -0.2) is 9.59 Å². The Morgan fingerprint density at radius 2 is 0.871 bits per heavy atom. The zero-order valence-electron chi connectivity index (χ0n) is 53.3. The number of alkyl halides is 14. The second-order valence-electron chi connectivity index (χ2n) is 23.6. The van der Waals surface area contributed by atoms with Gasteiger partial charge in [0.1, 0.15) is 24.3 Å². The number of likely N-dealkylation sites (tertiary alicyclic amines) is 2. The van der Waals surface area contributed by atoms with Crippen LogP contribution in [0.3, 0.4) is 0 Å². The highest BCUT2D eigenvalue weighted by Crippen LogP contribution is 2.46. The first kappa shape index (κ1) is 85.3. The molecule has 6 aromatic rings. The molecule has 548 valence electrons. The largest absolute Gasteiger partial charge is 0.445 e. The highest BCUT2D eigenvalue weighted by Gasteiger charge is 2.54. The van der Waals surface area contributed by atoms with E-state index in [2.05, 4.69) is 11.4 Å². The molecule has 2 saturated heterocycles. The Bertz CT molecular complexity index is 3680. The van der Waals surface area contributed by atoms with Crippen LogP contribution in [0.4, 0.5) is 62.3 Å². The van der Waals surface area contributed by atoms with Crippen molar-refractivity contribution in [1.29, 1.82) is 10.5 Å². The van der Waals surface area contributed by atoms with Gasteiger partial charge in [-0.05, 0) is 134 Å². The number of halogens is 15. The Kier molecular flexibility index (Phi) is 31.4. The van der Waals surface area contributed by atoms with E-state index >= 15 is 0 Å². The molecule has 6 atom stereocenters. The first-order valence-electron chi connectivity index (χ1n) is 30.7. The zero-order valence-corrected chi connectivity index (χ0v) is 55.5. The fraction of sp³-hybridized carbons (Fsp3) is 0.417. The van der Waals surface area contributed by atoms with Crippen molar-refractivity contribution in [2.24, 2.45) is 5.73 Å². The standard InChI is InChI=1S/C35H34ClF6N3O4.C31H29F6N3O3.C4H6Cl2O.2CH4/c1-24(26-17-28(34(37,38)39)19-29(18-26)35(40,41)42)49-23-33(27-11-6-3-7-12-27)15-14-32(21-43,44-30(46)13-8-16-36)22-45(33)31(47)48-20-25-9-4-2-5-10-25;1-21(23-14-25(30(32,33)34)16-26(15-23)31(35,36)37)43-20-29(24-10-6-3-7-11-24)13-12-28(39,18-38)19-40(29)27(41)42-17-22-8-4-2-5-9-22;5-3-1-2-4(6)7;;/h2-7,9-12,17-19,24H,8,13-16,20,22-23H2,1H3,(H,44,46);2-11,14-16,21H,12-13,17,19-20,39H2,1H3;1-3H2;2*1H4/t24-,32+,33-;21-,28+,29-;;;/m11.../s1. The fourth-order valence-electron chi connectivity index (χ4n) is 11.0. The summed E-state index contributed by atoms with van der Waals surface area (Å²) in [6.45, 7) is 1.04. The maximum Gasteiger partial charge on any atom is 0.416 e. The molecular formula is C72H77Cl3F12N6O8. The molecule has 3 N–H and O–H groups in total. The van der Waals surface area contributed by atoms with Gasteiger partial charge in [-0.2, -0.15) is 63.2 Å². The summed E-state index contributed by atoms with van der Waals surface area (Å²) in [5, 5.41) is 22.5. The van der Waals surface area contributed by atoms with Crippen LogP contribution in [0.1, 0.15) is 148 Å². The molecule has 0 saturated carbocycles. The van der Waals surface area contributed by atoms with E-state index in [1.165, 1.54) is 23.6 Å². The SMILES string of the molecule is C.C.C[C@@H](OC[C@@]1(c2ccccc2)CC[C@@](C#N)(NC(=O)CCCCl)CN1C(=O)OCc1ccccc1)c1cc(C(F)(F)F)cc(C(F)(F)F)c1.C[C@@H](OC[C@@]1(c2ccccc2)CC[C@](N)(C#N)CN1C(=O)OCc1ccccc1)c1cc(C(F)(F)F)cc(C(F)(F)F)c1.O=C(Cl)CCCCl. The third-order valence-corrected chi connectivity index (χ3v) is 17.2. The summed E-state index contributed by atoms with van der Waals surface area (Å²) in [6, 6.07) is 41.4. The summed E-state index contributed by atoms with van der Waals surface area (Å²) < 4.78 is 186. The second-order valence-corrected chi connectivity index (χ2v) is 24.8. The zero-order chi connectivity index (χ0) is 73.0. The smallest absolute Gasteiger partial charge is 0.416 e. The number of rotatable bonds is 21. The monoisotopic (exact) mass is 1490 g/mol. The van der Waals surface area contributed by atoms with E-state index in [1.807, 2.05) is 6.07 Å². The highest BCUT2D eigenvalue weighted by atomic mass is 35.5. The van der Waals surface area contributed by atoms with E-state index in [1.54, 1.807) is 121 Å². The molecule has 2 heterocycles. The molecule has 14 nitrogen and oxygen atoms in total. The van der Waals surface area contributed by atoms with Gasteiger partial charge in [0, 0.05) is 24.6 Å². The normalized spacial score (nSPS) is 19.6. The molecule has 8 rings (SSSR count). The molecule has 101 heavy (non-hydrogen) atoms. The number of nitriles is 2. The molecule has 6 aromatic carbocycles. The summed E-state index contributed by atoms with van der Waals surface area (Å²) in [4.78, 5) is 52.8. The Balaban J connectivity index is 0.000000386. The van der Waals surface area contributed by atoms with E-state index in [0.717, 1.165) is 0 Å². The van der Waals surface area contributed by atoms with Crippen LogP contribution in [0.25, 0.3) is 0 Å². The Hall–Kier alpha value is -8.11. The van der Waals surface area contributed by atoms with Crippen molar-refractivity contribution >= 4 is 58.1 Å². The van der Waals surface area contributed by atoms with Crippen LogP contribution in [-0.4, -0.2) is 82.3 Å². The number of amides is 3. The number of hydrogen-bond acceptors (Lipinski definition) is 11. The third-order valence-electron chi connectivity index (χ3n) is 16.5. The van der Waals surface area contributed by atoms with Crippen molar-refractivity contribution in [2.45, 2.75) is 152 Å². The predicted molar refractivity (Wildman–Crippen MR) is 356 cm³/mol. The van der Waals surface area contributed by atoms with Crippen LogP contribution in [-0.2, 0) is 77.5 Å². The predicted octanol–water partition coefficient (Wildman–Crippen LogP) is 18.9. The number of nitrogens with one attached hydrogen (secondary N) is 1. The molecule has 0 spiro atoms. The second kappa shape index (κ2) is 37.2. The molecule has 0 bridgehead atoms. The van der Waals surface area contributed by atoms with E-state index in [0.29, 0.717) is 71.7 Å². The number of benzene rings is 6. The van der Waals surface area contributed by atoms with Crippen LogP contribution in [0, 0.1) is 22.7 Å². The van der Waals surface area contributed by atoms with Crippen LogP contribution in [0.5, 0.6) is 0 Å². The van der Waals surface area contributed by atoms with Crippen molar-refractivity contribution in [2.75, 3.05) is 38.1 Å². The number of ether oxygens (including phenoxy) is 4. The van der Waals surface area contributed by atoms with E-state index < -0.39 is 106 Å². The van der Waals surface area contributed by atoms with E-state index in [9.17, 15) is 82.4 Å². The number of piperidine rings is 2. The summed E-state index contributed by atoms with van der Waals surface area (Å²) in [7, 11) is 0. The van der Waals surface area contributed by atoms with Gasteiger partial charge in [-0.3, -0.25) is 19.4 Å². The van der Waals surface area contributed by atoms with Crippen molar-refractivity contribution < 1.29 is 90.8 Å². The lowest BCUT2D eigenvalue weighted by Gasteiger charge is -2.51. The maximum atomic E-state index is 14.0.